The first-order valence-corrected chi connectivity index (χ1v) is 12.5. The standard InChI is InChI=1S/C27H28BrClN2O3/c28-23-8-11-25(34-18-20-6-9-24(29)10-7-20)22(16-23)17-31-14-12-27(33,13-15-31)19-30-26(32)21-4-2-1-3-5-21/h1-11,16,33H,12-15,17-19H2,(H,30,32). The van der Waals surface area contributed by atoms with E-state index >= 15 is 0 Å². The van der Waals surface area contributed by atoms with Gasteiger partial charge in [-0.25, -0.2) is 0 Å². The van der Waals surface area contributed by atoms with E-state index in [1.165, 1.54) is 0 Å². The Morgan fingerprint density at radius 3 is 2.47 bits per heavy atom. The summed E-state index contributed by atoms with van der Waals surface area (Å²) < 4.78 is 7.12. The highest BCUT2D eigenvalue weighted by Gasteiger charge is 2.33. The number of carbonyl (C=O) groups excluding carboxylic acids is 1. The van der Waals surface area contributed by atoms with E-state index < -0.39 is 5.60 Å². The maximum absolute atomic E-state index is 12.3. The zero-order valence-corrected chi connectivity index (χ0v) is 21.2. The number of rotatable bonds is 8. The smallest absolute Gasteiger partial charge is 0.251 e. The van der Waals surface area contributed by atoms with Gasteiger partial charge in [-0.15, -0.1) is 0 Å². The van der Waals surface area contributed by atoms with Crippen LogP contribution in [0.4, 0.5) is 0 Å². The molecule has 4 rings (SSSR count). The summed E-state index contributed by atoms with van der Waals surface area (Å²) in [6.45, 7) is 2.91. The first-order chi connectivity index (χ1) is 16.4. The molecule has 1 saturated heterocycles. The summed E-state index contributed by atoms with van der Waals surface area (Å²) in [5, 5.41) is 14.6. The molecule has 0 radical (unpaired) electrons. The van der Waals surface area contributed by atoms with Gasteiger partial charge in [0, 0.05) is 46.8 Å². The van der Waals surface area contributed by atoms with Crippen molar-refractivity contribution < 1.29 is 14.6 Å². The third kappa shape index (κ3) is 6.83. The first-order valence-electron chi connectivity index (χ1n) is 11.3. The molecular formula is C27H28BrClN2O3. The molecule has 0 aromatic heterocycles. The lowest BCUT2D eigenvalue weighted by Gasteiger charge is -2.38. The Labute approximate surface area is 213 Å². The second kappa shape index (κ2) is 11.4. The molecule has 5 nitrogen and oxygen atoms in total. The van der Waals surface area contributed by atoms with Gasteiger partial charge >= 0.3 is 0 Å². The highest BCUT2D eigenvalue weighted by Crippen LogP contribution is 2.28. The molecule has 0 unspecified atom stereocenters. The largest absolute Gasteiger partial charge is 0.489 e. The fraction of sp³-hybridized carbons (Fsp3) is 0.296. The number of nitrogens with zero attached hydrogens (tertiary/aromatic N) is 1. The number of hydrogen-bond donors (Lipinski definition) is 2. The molecule has 0 saturated carbocycles. The summed E-state index contributed by atoms with van der Waals surface area (Å²) in [5.41, 5.74) is 1.85. The van der Waals surface area contributed by atoms with E-state index in [9.17, 15) is 9.90 Å². The summed E-state index contributed by atoms with van der Waals surface area (Å²) in [5.74, 6) is 0.683. The van der Waals surface area contributed by atoms with Crippen LogP contribution in [0.2, 0.25) is 5.02 Å². The Morgan fingerprint density at radius 2 is 1.76 bits per heavy atom. The molecule has 0 aliphatic carbocycles. The third-order valence-corrected chi connectivity index (χ3v) is 6.87. The van der Waals surface area contributed by atoms with Crippen molar-refractivity contribution in [2.75, 3.05) is 19.6 Å². The van der Waals surface area contributed by atoms with Crippen LogP contribution in [-0.4, -0.2) is 41.1 Å². The molecule has 0 spiro atoms. The number of aliphatic hydroxyl groups is 1. The molecule has 3 aromatic carbocycles. The van der Waals surface area contributed by atoms with E-state index in [-0.39, 0.29) is 12.5 Å². The molecule has 1 fully saturated rings. The summed E-state index contributed by atoms with van der Waals surface area (Å²) >= 11 is 9.54. The average molecular weight is 544 g/mol. The lowest BCUT2D eigenvalue weighted by atomic mass is 9.91. The van der Waals surface area contributed by atoms with E-state index in [0.29, 0.717) is 30.0 Å². The Kier molecular flexibility index (Phi) is 8.27. The number of halogens is 2. The van der Waals surface area contributed by atoms with E-state index in [1.807, 2.05) is 54.6 Å². The van der Waals surface area contributed by atoms with Gasteiger partial charge in [0.25, 0.3) is 5.91 Å². The van der Waals surface area contributed by atoms with Gasteiger partial charge in [0.05, 0.1) is 5.60 Å². The molecule has 1 aliphatic rings. The number of ether oxygens (including phenoxy) is 1. The number of likely N-dealkylation sites (tertiary alicyclic amines) is 1. The van der Waals surface area contributed by atoms with Gasteiger partial charge in [-0.2, -0.15) is 0 Å². The Morgan fingerprint density at radius 1 is 1.06 bits per heavy atom. The van der Waals surface area contributed by atoms with Crippen molar-refractivity contribution in [3.63, 3.8) is 0 Å². The average Bonchev–Trinajstić information content (AvgIpc) is 2.85. The summed E-state index contributed by atoms with van der Waals surface area (Å²) in [6, 6.07) is 22.8. The number of hydrogen-bond acceptors (Lipinski definition) is 4. The molecule has 1 amide bonds. The summed E-state index contributed by atoms with van der Waals surface area (Å²) in [4.78, 5) is 14.6. The third-order valence-electron chi connectivity index (χ3n) is 6.12. The van der Waals surface area contributed by atoms with Crippen molar-refractivity contribution in [3.8, 4) is 5.75 Å². The van der Waals surface area contributed by atoms with Gasteiger partial charge in [0.2, 0.25) is 0 Å². The summed E-state index contributed by atoms with van der Waals surface area (Å²) in [6.07, 6.45) is 1.19. The van der Waals surface area contributed by atoms with Crippen LogP contribution in [0.25, 0.3) is 0 Å². The molecule has 0 bridgehead atoms. The lowest BCUT2D eigenvalue weighted by Crippen LogP contribution is -2.50. The van der Waals surface area contributed by atoms with Crippen LogP contribution in [0, 0.1) is 0 Å². The molecule has 34 heavy (non-hydrogen) atoms. The monoisotopic (exact) mass is 542 g/mol. The maximum atomic E-state index is 12.3. The van der Waals surface area contributed by atoms with Gasteiger partial charge in [-0.05, 0) is 60.9 Å². The highest BCUT2D eigenvalue weighted by atomic mass is 79.9. The van der Waals surface area contributed by atoms with Gasteiger partial charge < -0.3 is 15.2 Å². The number of carbonyl (C=O) groups is 1. The van der Waals surface area contributed by atoms with Crippen LogP contribution in [0.15, 0.2) is 77.3 Å². The summed E-state index contributed by atoms with van der Waals surface area (Å²) in [7, 11) is 0. The Hall–Kier alpha value is -2.38. The van der Waals surface area contributed by atoms with Crippen molar-refractivity contribution in [2.24, 2.45) is 0 Å². The minimum atomic E-state index is -0.897. The zero-order chi connectivity index (χ0) is 24.0. The van der Waals surface area contributed by atoms with Crippen molar-refractivity contribution >= 4 is 33.4 Å². The number of nitrogens with one attached hydrogen (secondary N) is 1. The Balaban J connectivity index is 1.31. The van der Waals surface area contributed by atoms with Crippen LogP contribution in [-0.2, 0) is 13.2 Å². The molecule has 1 heterocycles. The van der Waals surface area contributed by atoms with E-state index in [1.54, 1.807) is 12.1 Å². The molecule has 3 aromatic rings. The fourth-order valence-electron chi connectivity index (χ4n) is 4.04. The van der Waals surface area contributed by atoms with Crippen LogP contribution in [0.5, 0.6) is 5.75 Å². The van der Waals surface area contributed by atoms with Crippen molar-refractivity contribution in [1.82, 2.24) is 10.2 Å². The Bertz CT molecular complexity index is 1100. The highest BCUT2D eigenvalue weighted by molar-refractivity contribution is 9.10. The molecule has 2 N–H and O–H groups in total. The topological polar surface area (TPSA) is 61.8 Å². The quantitative estimate of drug-likeness (QED) is 0.397. The minimum Gasteiger partial charge on any atom is -0.489 e. The van der Waals surface area contributed by atoms with Crippen LogP contribution in [0.1, 0.15) is 34.3 Å². The van der Waals surface area contributed by atoms with Crippen LogP contribution < -0.4 is 10.1 Å². The van der Waals surface area contributed by atoms with Crippen LogP contribution in [0.3, 0.4) is 0 Å². The number of amides is 1. The predicted octanol–water partition coefficient (Wildman–Crippen LogP) is 5.44. The minimum absolute atomic E-state index is 0.159. The normalized spacial score (nSPS) is 15.6. The van der Waals surface area contributed by atoms with E-state index in [4.69, 9.17) is 16.3 Å². The first kappa shape index (κ1) is 24.7. The van der Waals surface area contributed by atoms with Gasteiger partial charge in [-0.1, -0.05) is 57.9 Å². The molecular weight excluding hydrogens is 516 g/mol. The zero-order valence-electron chi connectivity index (χ0n) is 18.8. The van der Waals surface area contributed by atoms with E-state index in [0.717, 1.165) is 41.0 Å². The molecule has 1 aliphatic heterocycles. The fourth-order valence-corrected chi connectivity index (χ4v) is 4.57. The molecule has 7 heteroatoms. The van der Waals surface area contributed by atoms with Crippen LogP contribution >= 0.6 is 27.5 Å². The maximum Gasteiger partial charge on any atom is 0.251 e. The second-order valence-electron chi connectivity index (χ2n) is 8.72. The van der Waals surface area contributed by atoms with Gasteiger partial charge in [0.15, 0.2) is 0 Å². The SMILES string of the molecule is O=C(NCC1(O)CCN(Cc2cc(Br)ccc2OCc2ccc(Cl)cc2)CC1)c1ccccc1. The molecule has 0 atom stereocenters. The van der Waals surface area contributed by atoms with Gasteiger partial charge in [0.1, 0.15) is 12.4 Å². The van der Waals surface area contributed by atoms with Crippen molar-refractivity contribution in [1.29, 1.82) is 0 Å². The molecule has 178 valence electrons. The van der Waals surface area contributed by atoms with Crippen molar-refractivity contribution in [3.05, 3.63) is 99.0 Å². The van der Waals surface area contributed by atoms with E-state index in [2.05, 4.69) is 32.2 Å². The van der Waals surface area contributed by atoms with Crippen molar-refractivity contribution in [2.45, 2.75) is 31.6 Å². The number of benzene rings is 3. The van der Waals surface area contributed by atoms with Gasteiger partial charge in [-0.3, -0.25) is 9.69 Å². The lowest BCUT2D eigenvalue weighted by molar-refractivity contribution is -0.0209. The number of piperidine rings is 1. The predicted molar refractivity (Wildman–Crippen MR) is 138 cm³/mol. The second-order valence-corrected chi connectivity index (χ2v) is 10.1.